The zero-order valence-corrected chi connectivity index (χ0v) is 15.9. The maximum atomic E-state index is 12.1. The van der Waals surface area contributed by atoms with Crippen LogP contribution in [0.2, 0.25) is 0 Å². The molecular formula is C17H30N4O2S. The number of piperidine rings is 1. The maximum absolute atomic E-state index is 12.1. The number of hydrogen-bond acceptors (Lipinski definition) is 6. The molecule has 6 nitrogen and oxygen atoms in total. The van der Waals surface area contributed by atoms with Crippen molar-refractivity contribution < 1.29 is 9.53 Å². The van der Waals surface area contributed by atoms with Crippen LogP contribution in [0.25, 0.3) is 0 Å². The van der Waals surface area contributed by atoms with E-state index in [1.54, 1.807) is 7.11 Å². The van der Waals surface area contributed by atoms with Crippen LogP contribution in [0, 0.1) is 5.92 Å². The Labute approximate surface area is 149 Å². The van der Waals surface area contributed by atoms with Gasteiger partial charge in [0.25, 0.3) is 0 Å². The molecule has 0 aliphatic carbocycles. The van der Waals surface area contributed by atoms with Gasteiger partial charge >= 0.3 is 0 Å². The van der Waals surface area contributed by atoms with Gasteiger partial charge in [-0.25, -0.2) is 4.98 Å². The topological polar surface area (TPSA) is 57.7 Å². The third-order valence-corrected chi connectivity index (χ3v) is 5.03. The lowest BCUT2D eigenvalue weighted by Gasteiger charge is -2.30. The van der Waals surface area contributed by atoms with Crippen LogP contribution in [0.5, 0.6) is 0 Å². The van der Waals surface area contributed by atoms with E-state index in [1.807, 2.05) is 11.9 Å². The Kier molecular flexibility index (Phi) is 8.11. The Hall–Kier alpha value is -1.02. The van der Waals surface area contributed by atoms with Crippen LogP contribution in [0.15, 0.2) is 5.38 Å². The zero-order valence-electron chi connectivity index (χ0n) is 15.1. The van der Waals surface area contributed by atoms with Gasteiger partial charge in [0.05, 0.1) is 12.2 Å². The quantitative estimate of drug-likeness (QED) is 0.690. The van der Waals surface area contributed by atoms with Crippen molar-refractivity contribution in [3.8, 4) is 0 Å². The molecule has 24 heavy (non-hydrogen) atoms. The van der Waals surface area contributed by atoms with Gasteiger partial charge in [0, 0.05) is 38.7 Å². The number of thiazole rings is 1. The largest absolute Gasteiger partial charge is 0.385 e. The third kappa shape index (κ3) is 6.84. The van der Waals surface area contributed by atoms with Crippen molar-refractivity contribution in [3.63, 3.8) is 0 Å². The highest BCUT2D eigenvalue weighted by Crippen LogP contribution is 2.20. The molecule has 0 saturated carbocycles. The fourth-order valence-electron chi connectivity index (χ4n) is 3.06. The SMILES string of the molecule is COCCCN(C)CC(=O)Nc1nc(CN2CCCC(C)C2)cs1. The summed E-state index contributed by atoms with van der Waals surface area (Å²) in [4.78, 5) is 21.1. The van der Waals surface area contributed by atoms with Gasteiger partial charge in [-0.2, -0.15) is 0 Å². The molecule has 1 N–H and O–H groups in total. The number of anilines is 1. The number of carbonyl (C=O) groups is 1. The standard InChI is InChI=1S/C17H30N4O2S/c1-14-6-4-8-21(10-14)11-15-13-24-17(18-15)19-16(22)12-20(2)7-5-9-23-3/h13-14H,4-12H2,1-3H3,(H,18,19,22). The summed E-state index contributed by atoms with van der Waals surface area (Å²) in [5.74, 6) is 0.757. The first kappa shape index (κ1) is 19.3. The van der Waals surface area contributed by atoms with Crippen molar-refractivity contribution >= 4 is 22.4 Å². The van der Waals surface area contributed by atoms with E-state index in [9.17, 15) is 4.79 Å². The number of nitrogens with one attached hydrogen (secondary N) is 1. The Morgan fingerprint density at radius 1 is 1.58 bits per heavy atom. The minimum absolute atomic E-state index is 0.0117. The summed E-state index contributed by atoms with van der Waals surface area (Å²) in [7, 11) is 3.64. The molecule has 2 heterocycles. The predicted molar refractivity (Wildman–Crippen MR) is 98.4 cm³/mol. The van der Waals surface area contributed by atoms with Crippen LogP contribution in [0.4, 0.5) is 5.13 Å². The number of methoxy groups -OCH3 is 1. The molecular weight excluding hydrogens is 324 g/mol. The van der Waals surface area contributed by atoms with Gasteiger partial charge in [0.2, 0.25) is 5.91 Å². The van der Waals surface area contributed by atoms with E-state index < -0.39 is 0 Å². The monoisotopic (exact) mass is 354 g/mol. The summed E-state index contributed by atoms with van der Waals surface area (Å²) in [5, 5.41) is 5.66. The van der Waals surface area contributed by atoms with Crippen LogP contribution < -0.4 is 5.32 Å². The lowest BCUT2D eigenvalue weighted by molar-refractivity contribution is -0.117. The van der Waals surface area contributed by atoms with E-state index in [4.69, 9.17) is 4.74 Å². The normalized spacial score (nSPS) is 18.9. The molecule has 1 atom stereocenters. The molecule has 1 fully saturated rings. The molecule has 1 saturated heterocycles. The van der Waals surface area contributed by atoms with Crippen molar-refractivity contribution in [1.29, 1.82) is 0 Å². The number of nitrogens with zero attached hydrogens (tertiary/aromatic N) is 3. The number of ether oxygens (including phenoxy) is 1. The molecule has 1 amide bonds. The minimum atomic E-state index is -0.0117. The lowest BCUT2D eigenvalue weighted by atomic mass is 10.0. The van der Waals surface area contributed by atoms with Crippen LogP contribution in [-0.4, -0.2) is 67.6 Å². The summed E-state index contributed by atoms with van der Waals surface area (Å²) in [6.45, 7) is 7.42. The first-order chi connectivity index (χ1) is 11.6. The minimum Gasteiger partial charge on any atom is -0.385 e. The zero-order chi connectivity index (χ0) is 17.4. The summed E-state index contributed by atoms with van der Waals surface area (Å²) in [5.41, 5.74) is 1.05. The number of likely N-dealkylation sites (tertiary alicyclic amines) is 1. The molecule has 1 unspecified atom stereocenters. The molecule has 0 bridgehead atoms. The average Bonchev–Trinajstić information content (AvgIpc) is 2.94. The summed E-state index contributed by atoms with van der Waals surface area (Å²) in [6.07, 6.45) is 3.52. The van der Waals surface area contributed by atoms with Crippen LogP contribution in [0.1, 0.15) is 31.9 Å². The van der Waals surface area contributed by atoms with E-state index in [0.717, 1.165) is 50.8 Å². The number of rotatable bonds is 9. The van der Waals surface area contributed by atoms with Gasteiger partial charge < -0.3 is 10.1 Å². The summed E-state index contributed by atoms with van der Waals surface area (Å²) in [6, 6.07) is 0. The van der Waals surface area contributed by atoms with Gasteiger partial charge in [0.15, 0.2) is 5.13 Å². The van der Waals surface area contributed by atoms with Gasteiger partial charge in [-0.3, -0.25) is 14.6 Å². The molecule has 0 aromatic carbocycles. The summed E-state index contributed by atoms with van der Waals surface area (Å²) >= 11 is 1.51. The van der Waals surface area contributed by atoms with Gasteiger partial charge in [-0.05, 0) is 38.8 Å². The number of likely N-dealkylation sites (N-methyl/N-ethyl adjacent to an activating group) is 1. The smallest absolute Gasteiger partial charge is 0.240 e. The predicted octanol–water partition coefficient (Wildman–Crippen LogP) is 2.28. The number of amides is 1. The molecule has 136 valence electrons. The van der Waals surface area contributed by atoms with Crippen molar-refractivity contribution in [2.24, 2.45) is 5.92 Å². The van der Waals surface area contributed by atoms with Crippen LogP contribution in [-0.2, 0) is 16.1 Å². The number of aromatic nitrogens is 1. The highest BCUT2D eigenvalue weighted by Gasteiger charge is 2.17. The first-order valence-corrected chi connectivity index (χ1v) is 9.59. The maximum Gasteiger partial charge on any atom is 0.240 e. The Morgan fingerprint density at radius 2 is 2.42 bits per heavy atom. The second-order valence-electron chi connectivity index (χ2n) is 6.76. The average molecular weight is 355 g/mol. The highest BCUT2D eigenvalue weighted by atomic mass is 32.1. The van der Waals surface area contributed by atoms with E-state index in [0.29, 0.717) is 11.7 Å². The number of carbonyl (C=O) groups excluding carboxylic acids is 1. The van der Waals surface area contributed by atoms with Crippen LogP contribution in [0.3, 0.4) is 0 Å². The van der Waals surface area contributed by atoms with Crippen molar-refractivity contribution in [1.82, 2.24) is 14.8 Å². The van der Waals surface area contributed by atoms with Crippen molar-refractivity contribution in [2.45, 2.75) is 32.7 Å². The molecule has 0 spiro atoms. The molecule has 1 aromatic heterocycles. The second kappa shape index (κ2) is 10.1. The molecule has 2 rings (SSSR count). The van der Waals surface area contributed by atoms with E-state index in [1.165, 1.54) is 24.2 Å². The molecule has 1 aromatic rings. The number of hydrogen-bond donors (Lipinski definition) is 1. The fourth-order valence-corrected chi connectivity index (χ4v) is 3.78. The molecule has 7 heteroatoms. The van der Waals surface area contributed by atoms with Crippen molar-refractivity contribution in [2.75, 3.05) is 52.3 Å². The molecule has 1 aliphatic heterocycles. The Bertz CT molecular complexity index is 509. The van der Waals surface area contributed by atoms with Gasteiger partial charge in [-0.1, -0.05) is 6.92 Å². The second-order valence-corrected chi connectivity index (χ2v) is 7.62. The van der Waals surface area contributed by atoms with Gasteiger partial charge in [0.1, 0.15) is 0 Å². The molecule has 1 aliphatic rings. The summed E-state index contributed by atoms with van der Waals surface area (Å²) < 4.78 is 5.03. The highest BCUT2D eigenvalue weighted by molar-refractivity contribution is 7.13. The van der Waals surface area contributed by atoms with E-state index in [-0.39, 0.29) is 5.91 Å². The van der Waals surface area contributed by atoms with Crippen LogP contribution >= 0.6 is 11.3 Å². The molecule has 0 radical (unpaired) electrons. The Morgan fingerprint density at radius 3 is 3.17 bits per heavy atom. The van der Waals surface area contributed by atoms with E-state index in [2.05, 4.69) is 27.5 Å². The van der Waals surface area contributed by atoms with Crippen molar-refractivity contribution in [3.05, 3.63) is 11.1 Å². The third-order valence-electron chi connectivity index (χ3n) is 4.23. The first-order valence-electron chi connectivity index (χ1n) is 8.71. The van der Waals surface area contributed by atoms with Gasteiger partial charge in [-0.15, -0.1) is 11.3 Å². The fraction of sp³-hybridized carbons (Fsp3) is 0.765. The Balaban J connectivity index is 1.73. The van der Waals surface area contributed by atoms with E-state index >= 15 is 0 Å². The lowest BCUT2D eigenvalue weighted by Crippen LogP contribution is -2.33.